The van der Waals surface area contributed by atoms with E-state index in [0.717, 1.165) is 19.4 Å². The maximum Gasteiger partial charge on any atom is 0.240 e. The second-order valence-corrected chi connectivity index (χ2v) is 9.39. The lowest BCUT2D eigenvalue weighted by Gasteiger charge is -2.11. The molecule has 29 heavy (non-hydrogen) atoms. The Labute approximate surface area is 174 Å². The molecule has 0 radical (unpaired) electrons. The second-order valence-electron chi connectivity index (χ2n) is 7.03. The molecule has 2 heterocycles. The van der Waals surface area contributed by atoms with Crippen molar-refractivity contribution in [2.24, 2.45) is 0 Å². The maximum absolute atomic E-state index is 13.2. The van der Waals surface area contributed by atoms with Gasteiger partial charge in [0.15, 0.2) is 0 Å². The number of sulfone groups is 1. The number of fused-ring (bicyclic) bond motifs is 1. The Kier molecular flexibility index (Phi) is 5.63. The van der Waals surface area contributed by atoms with Gasteiger partial charge >= 0.3 is 0 Å². The van der Waals surface area contributed by atoms with Crippen molar-refractivity contribution >= 4 is 38.2 Å². The van der Waals surface area contributed by atoms with Crippen molar-refractivity contribution in [3.8, 4) is 0 Å². The SMILES string of the molecule is O=C(Cn1cc(S(=O)(=O)c2ccc(Cl)cc2)c2ccccc21)NCC1CCCO1. The van der Waals surface area contributed by atoms with E-state index in [0.29, 0.717) is 22.5 Å². The van der Waals surface area contributed by atoms with Gasteiger partial charge in [-0.05, 0) is 43.2 Å². The number of rotatable bonds is 6. The fourth-order valence-corrected chi connectivity index (χ4v) is 5.14. The Bertz CT molecular complexity index is 1130. The van der Waals surface area contributed by atoms with Gasteiger partial charge in [-0.1, -0.05) is 29.8 Å². The van der Waals surface area contributed by atoms with Crippen LogP contribution in [0, 0.1) is 0 Å². The number of ether oxygens (including phenoxy) is 1. The fraction of sp³-hybridized carbons (Fsp3) is 0.286. The van der Waals surface area contributed by atoms with Gasteiger partial charge in [-0.3, -0.25) is 4.79 Å². The first kappa shape index (κ1) is 19.9. The predicted octanol–water partition coefficient (Wildman–Crippen LogP) is 3.42. The second kappa shape index (κ2) is 8.18. The van der Waals surface area contributed by atoms with E-state index in [2.05, 4.69) is 5.32 Å². The molecule has 1 N–H and O–H groups in total. The minimum Gasteiger partial charge on any atom is -0.376 e. The third-order valence-electron chi connectivity index (χ3n) is 5.03. The normalized spacial score (nSPS) is 16.9. The van der Waals surface area contributed by atoms with E-state index in [1.165, 1.54) is 18.3 Å². The predicted molar refractivity (Wildman–Crippen MR) is 111 cm³/mol. The number of nitrogens with one attached hydrogen (secondary N) is 1. The van der Waals surface area contributed by atoms with E-state index in [4.69, 9.17) is 16.3 Å². The molecule has 1 aliphatic rings. The monoisotopic (exact) mass is 432 g/mol. The van der Waals surface area contributed by atoms with Crippen LogP contribution in [0.15, 0.2) is 64.5 Å². The lowest BCUT2D eigenvalue weighted by molar-refractivity contribution is -0.122. The first-order valence-electron chi connectivity index (χ1n) is 9.42. The highest BCUT2D eigenvalue weighted by Crippen LogP contribution is 2.30. The van der Waals surface area contributed by atoms with Crippen molar-refractivity contribution in [2.75, 3.05) is 13.2 Å². The largest absolute Gasteiger partial charge is 0.376 e. The zero-order chi connectivity index (χ0) is 20.4. The average Bonchev–Trinajstić information content (AvgIpc) is 3.35. The summed E-state index contributed by atoms with van der Waals surface area (Å²) in [6.07, 6.45) is 3.53. The molecular formula is C21H21ClN2O4S. The molecule has 6 nitrogen and oxygen atoms in total. The summed E-state index contributed by atoms with van der Waals surface area (Å²) in [6, 6.07) is 13.2. The molecule has 0 saturated carbocycles. The standard InChI is InChI=1S/C21H21ClN2O4S/c22-15-7-9-17(10-8-15)29(26,27)20-13-24(19-6-2-1-5-18(19)20)14-21(25)23-12-16-4-3-11-28-16/h1-2,5-10,13,16H,3-4,11-12,14H2,(H,23,25). The number of amides is 1. The van der Waals surface area contributed by atoms with Crippen LogP contribution in [0.1, 0.15) is 12.8 Å². The van der Waals surface area contributed by atoms with Gasteiger partial charge in [0.2, 0.25) is 15.7 Å². The van der Waals surface area contributed by atoms with Gasteiger partial charge in [0.05, 0.1) is 15.9 Å². The lowest BCUT2D eigenvalue weighted by Crippen LogP contribution is -2.34. The summed E-state index contributed by atoms with van der Waals surface area (Å²) < 4.78 is 33.6. The third-order valence-corrected chi connectivity index (χ3v) is 7.08. The molecule has 1 aromatic heterocycles. The third kappa shape index (κ3) is 4.17. The molecule has 0 aliphatic carbocycles. The Hall–Kier alpha value is -2.35. The summed E-state index contributed by atoms with van der Waals surface area (Å²) in [5.41, 5.74) is 0.687. The number of para-hydroxylation sites is 1. The van der Waals surface area contributed by atoms with Crippen molar-refractivity contribution in [1.82, 2.24) is 9.88 Å². The average molecular weight is 433 g/mol. The summed E-state index contributed by atoms with van der Waals surface area (Å²) in [4.78, 5) is 12.8. The molecule has 1 aliphatic heterocycles. The van der Waals surface area contributed by atoms with E-state index < -0.39 is 9.84 Å². The number of carbonyl (C=O) groups is 1. The number of nitrogens with zero attached hydrogens (tertiary/aromatic N) is 1. The highest BCUT2D eigenvalue weighted by Gasteiger charge is 2.24. The Morgan fingerprint density at radius 3 is 2.66 bits per heavy atom. The number of hydrogen-bond acceptors (Lipinski definition) is 4. The van der Waals surface area contributed by atoms with Gasteiger partial charge in [0.25, 0.3) is 0 Å². The van der Waals surface area contributed by atoms with Crippen molar-refractivity contribution in [3.05, 3.63) is 59.8 Å². The molecule has 1 amide bonds. The number of hydrogen-bond donors (Lipinski definition) is 1. The van der Waals surface area contributed by atoms with E-state index in [-0.39, 0.29) is 28.3 Å². The molecule has 8 heteroatoms. The topological polar surface area (TPSA) is 77.4 Å². The van der Waals surface area contributed by atoms with Crippen LogP contribution in [0.5, 0.6) is 0 Å². The van der Waals surface area contributed by atoms with E-state index in [1.807, 2.05) is 12.1 Å². The van der Waals surface area contributed by atoms with Crippen LogP contribution in [0.2, 0.25) is 5.02 Å². The van der Waals surface area contributed by atoms with Crippen LogP contribution in [-0.4, -0.2) is 38.1 Å². The van der Waals surface area contributed by atoms with Gasteiger partial charge < -0.3 is 14.6 Å². The number of carbonyl (C=O) groups excluding carboxylic acids is 1. The van der Waals surface area contributed by atoms with Gasteiger partial charge in [-0.2, -0.15) is 0 Å². The maximum atomic E-state index is 13.2. The summed E-state index contributed by atoms with van der Waals surface area (Å²) in [5.74, 6) is -0.184. The molecule has 1 unspecified atom stereocenters. The molecule has 1 fully saturated rings. The van der Waals surface area contributed by atoms with Gasteiger partial charge in [0, 0.05) is 35.3 Å². The Morgan fingerprint density at radius 2 is 1.93 bits per heavy atom. The summed E-state index contributed by atoms with van der Waals surface area (Å²) >= 11 is 5.89. The summed E-state index contributed by atoms with van der Waals surface area (Å²) in [6.45, 7) is 1.23. The zero-order valence-corrected chi connectivity index (χ0v) is 17.2. The van der Waals surface area contributed by atoms with Crippen molar-refractivity contribution in [1.29, 1.82) is 0 Å². The number of benzene rings is 2. The van der Waals surface area contributed by atoms with Crippen molar-refractivity contribution < 1.29 is 17.9 Å². The molecule has 2 aromatic carbocycles. The van der Waals surface area contributed by atoms with Crippen LogP contribution in [0.3, 0.4) is 0 Å². The van der Waals surface area contributed by atoms with Gasteiger partial charge in [-0.15, -0.1) is 0 Å². The van der Waals surface area contributed by atoms with Gasteiger partial charge in [0.1, 0.15) is 6.54 Å². The first-order chi connectivity index (χ1) is 13.9. The zero-order valence-electron chi connectivity index (χ0n) is 15.7. The highest BCUT2D eigenvalue weighted by molar-refractivity contribution is 7.91. The number of halogens is 1. The molecule has 1 saturated heterocycles. The molecule has 152 valence electrons. The summed E-state index contributed by atoms with van der Waals surface area (Å²) in [5, 5.41) is 3.92. The molecule has 0 bridgehead atoms. The van der Waals surface area contributed by atoms with Crippen molar-refractivity contribution in [2.45, 2.75) is 35.3 Å². The summed E-state index contributed by atoms with van der Waals surface area (Å²) in [7, 11) is -3.75. The van der Waals surface area contributed by atoms with E-state index in [9.17, 15) is 13.2 Å². The van der Waals surface area contributed by atoms with Crippen LogP contribution in [0.4, 0.5) is 0 Å². The smallest absolute Gasteiger partial charge is 0.240 e. The molecular weight excluding hydrogens is 412 g/mol. The van der Waals surface area contributed by atoms with E-state index >= 15 is 0 Å². The fourth-order valence-electron chi connectivity index (χ4n) is 3.54. The van der Waals surface area contributed by atoms with Gasteiger partial charge in [-0.25, -0.2) is 8.42 Å². The van der Waals surface area contributed by atoms with Crippen LogP contribution in [-0.2, 0) is 25.9 Å². The Balaban J connectivity index is 1.63. The van der Waals surface area contributed by atoms with Crippen LogP contribution in [0.25, 0.3) is 10.9 Å². The van der Waals surface area contributed by atoms with Crippen molar-refractivity contribution in [3.63, 3.8) is 0 Å². The minimum atomic E-state index is -3.75. The van der Waals surface area contributed by atoms with E-state index in [1.54, 1.807) is 28.8 Å². The molecule has 0 spiro atoms. The Morgan fingerprint density at radius 1 is 1.17 bits per heavy atom. The minimum absolute atomic E-state index is 0.0311. The highest BCUT2D eigenvalue weighted by atomic mass is 35.5. The van der Waals surface area contributed by atoms with Crippen LogP contribution < -0.4 is 5.32 Å². The molecule has 4 rings (SSSR count). The van der Waals surface area contributed by atoms with Crippen LogP contribution >= 0.6 is 11.6 Å². The lowest BCUT2D eigenvalue weighted by atomic mass is 10.2. The first-order valence-corrected chi connectivity index (χ1v) is 11.3. The number of aromatic nitrogens is 1. The quantitative estimate of drug-likeness (QED) is 0.647. The molecule has 3 aromatic rings. The molecule has 1 atom stereocenters.